The smallest absolute Gasteiger partial charge is 0.306 e. The van der Waals surface area contributed by atoms with Gasteiger partial charge >= 0.3 is 5.97 Å². The number of hydrogen-bond donors (Lipinski definition) is 0. The zero-order valence-corrected chi connectivity index (χ0v) is 11.7. The zero-order chi connectivity index (χ0) is 13.3. The molecule has 0 radical (unpaired) electrons. The van der Waals surface area contributed by atoms with E-state index in [9.17, 15) is 4.79 Å². The minimum absolute atomic E-state index is 0.0675. The van der Waals surface area contributed by atoms with E-state index in [1.54, 1.807) is 0 Å². The van der Waals surface area contributed by atoms with Crippen LogP contribution in [0.2, 0.25) is 0 Å². The van der Waals surface area contributed by atoms with Crippen molar-refractivity contribution < 1.29 is 9.53 Å². The second-order valence-corrected chi connectivity index (χ2v) is 6.30. The lowest BCUT2D eigenvalue weighted by molar-refractivity contribution is -0.155. The molecular formula is C16H22O2. The Balaban J connectivity index is 1.85. The topological polar surface area (TPSA) is 26.3 Å². The van der Waals surface area contributed by atoms with Crippen LogP contribution in [0.4, 0.5) is 0 Å². The molecule has 0 spiro atoms. The maximum absolute atomic E-state index is 11.7. The highest BCUT2D eigenvalue weighted by Crippen LogP contribution is 2.49. The van der Waals surface area contributed by atoms with Crippen LogP contribution in [-0.4, -0.2) is 11.6 Å². The molecule has 1 aromatic carbocycles. The summed E-state index contributed by atoms with van der Waals surface area (Å²) >= 11 is 0. The van der Waals surface area contributed by atoms with Crippen LogP contribution in [0.25, 0.3) is 0 Å². The van der Waals surface area contributed by atoms with Crippen molar-refractivity contribution in [1.82, 2.24) is 0 Å². The Kier molecular flexibility index (Phi) is 3.47. The van der Waals surface area contributed by atoms with Gasteiger partial charge in [-0.25, -0.2) is 0 Å². The summed E-state index contributed by atoms with van der Waals surface area (Å²) in [4.78, 5) is 11.7. The predicted octanol–water partition coefficient (Wildman–Crippen LogP) is 3.83. The summed E-state index contributed by atoms with van der Waals surface area (Å²) in [7, 11) is 0. The molecule has 1 fully saturated rings. The van der Waals surface area contributed by atoms with Gasteiger partial charge in [-0.15, -0.1) is 0 Å². The normalized spacial score (nSPS) is 22.7. The lowest BCUT2D eigenvalue weighted by Crippen LogP contribution is -2.24. The quantitative estimate of drug-likeness (QED) is 0.758. The zero-order valence-electron chi connectivity index (χ0n) is 11.7. The molecule has 1 aromatic rings. The minimum atomic E-state index is -0.370. The van der Waals surface area contributed by atoms with Gasteiger partial charge in [0.2, 0.25) is 0 Å². The molecule has 0 saturated heterocycles. The van der Waals surface area contributed by atoms with Crippen LogP contribution in [0.1, 0.15) is 50.7 Å². The number of benzene rings is 1. The fourth-order valence-electron chi connectivity index (χ4n) is 2.29. The number of ether oxygens (including phenoxy) is 1. The van der Waals surface area contributed by atoms with Gasteiger partial charge < -0.3 is 4.74 Å². The van der Waals surface area contributed by atoms with Gasteiger partial charge in [-0.2, -0.15) is 0 Å². The fraction of sp³-hybridized carbons (Fsp3) is 0.562. The van der Waals surface area contributed by atoms with Crippen molar-refractivity contribution in [3.8, 4) is 0 Å². The first-order valence-electron chi connectivity index (χ1n) is 6.63. The number of aryl methyl sites for hydroxylation is 1. The van der Waals surface area contributed by atoms with Crippen molar-refractivity contribution in [2.75, 3.05) is 0 Å². The largest absolute Gasteiger partial charge is 0.460 e. The first-order valence-corrected chi connectivity index (χ1v) is 6.63. The maximum Gasteiger partial charge on any atom is 0.306 e. The van der Waals surface area contributed by atoms with E-state index in [4.69, 9.17) is 4.74 Å². The molecule has 0 N–H and O–H groups in total. The minimum Gasteiger partial charge on any atom is -0.460 e. The average molecular weight is 246 g/mol. The Bertz CT molecular complexity index is 425. The third-order valence-electron chi connectivity index (χ3n) is 3.28. The molecule has 0 amide bonds. The first kappa shape index (κ1) is 13.1. The molecule has 2 rings (SSSR count). The third kappa shape index (κ3) is 3.59. The summed E-state index contributed by atoms with van der Waals surface area (Å²) in [5, 5.41) is 0. The van der Waals surface area contributed by atoms with E-state index in [-0.39, 0.29) is 11.6 Å². The number of rotatable bonds is 3. The van der Waals surface area contributed by atoms with Crippen molar-refractivity contribution in [3.63, 3.8) is 0 Å². The highest BCUT2D eigenvalue weighted by atomic mass is 16.6. The molecule has 0 heterocycles. The molecule has 2 heteroatoms. The summed E-state index contributed by atoms with van der Waals surface area (Å²) < 4.78 is 5.35. The van der Waals surface area contributed by atoms with Crippen LogP contribution < -0.4 is 0 Å². The standard InChI is InChI=1S/C16H22O2/c1-11-5-7-12(8-6-11)14-9-13(14)10-15(17)18-16(2,3)4/h5-8,13-14H,9-10H2,1-4H3/t13-,14?/m1/s1. The van der Waals surface area contributed by atoms with E-state index in [2.05, 4.69) is 31.2 Å². The van der Waals surface area contributed by atoms with Crippen LogP contribution in [0.5, 0.6) is 0 Å². The monoisotopic (exact) mass is 246 g/mol. The highest BCUT2D eigenvalue weighted by molar-refractivity contribution is 5.71. The predicted molar refractivity (Wildman–Crippen MR) is 72.5 cm³/mol. The fourth-order valence-corrected chi connectivity index (χ4v) is 2.29. The molecule has 2 nitrogen and oxygen atoms in total. The lowest BCUT2D eigenvalue weighted by Gasteiger charge is -2.19. The Morgan fingerprint density at radius 2 is 1.89 bits per heavy atom. The van der Waals surface area contributed by atoms with E-state index in [0.717, 1.165) is 6.42 Å². The summed E-state index contributed by atoms with van der Waals surface area (Å²) in [5.74, 6) is 0.961. The molecule has 1 unspecified atom stereocenters. The van der Waals surface area contributed by atoms with Crippen LogP contribution in [-0.2, 0) is 9.53 Å². The number of carbonyl (C=O) groups excluding carboxylic acids is 1. The number of hydrogen-bond acceptors (Lipinski definition) is 2. The second-order valence-electron chi connectivity index (χ2n) is 6.30. The summed E-state index contributed by atoms with van der Waals surface area (Å²) in [6, 6.07) is 8.63. The number of carbonyl (C=O) groups is 1. The maximum atomic E-state index is 11.7. The molecule has 98 valence electrons. The lowest BCUT2D eigenvalue weighted by atomic mass is 10.1. The SMILES string of the molecule is Cc1ccc(C2C[C@@H]2CC(=O)OC(C)(C)C)cc1. The van der Waals surface area contributed by atoms with E-state index >= 15 is 0 Å². The molecule has 0 aliphatic heterocycles. The van der Waals surface area contributed by atoms with Crippen molar-refractivity contribution in [3.05, 3.63) is 35.4 Å². The van der Waals surface area contributed by atoms with E-state index in [1.807, 2.05) is 20.8 Å². The molecule has 1 saturated carbocycles. The van der Waals surface area contributed by atoms with Gasteiger partial charge in [0.05, 0.1) is 0 Å². The van der Waals surface area contributed by atoms with E-state index in [0.29, 0.717) is 18.3 Å². The molecule has 2 atom stereocenters. The van der Waals surface area contributed by atoms with Gasteiger partial charge in [-0.1, -0.05) is 29.8 Å². The van der Waals surface area contributed by atoms with Gasteiger partial charge in [-0.3, -0.25) is 4.79 Å². The average Bonchev–Trinajstić information content (AvgIpc) is 2.95. The Morgan fingerprint density at radius 1 is 1.28 bits per heavy atom. The first-order chi connectivity index (χ1) is 8.35. The van der Waals surface area contributed by atoms with Gasteiger partial charge in [0.15, 0.2) is 0 Å². The highest BCUT2D eigenvalue weighted by Gasteiger charge is 2.40. The van der Waals surface area contributed by atoms with Gasteiger partial charge in [0.25, 0.3) is 0 Å². The van der Waals surface area contributed by atoms with E-state index < -0.39 is 0 Å². The summed E-state index contributed by atoms with van der Waals surface area (Å²) in [6.07, 6.45) is 1.66. The van der Waals surface area contributed by atoms with Crippen LogP contribution in [0.15, 0.2) is 24.3 Å². The van der Waals surface area contributed by atoms with Crippen molar-refractivity contribution in [2.24, 2.45) is 5.92 Å². The molecule has 0 aromatic heterocycles. The third-order valence-corrected chi connectivity index (χ3v) is 3.28. The second kappa shape index (κ2) is 4.75. The summed E-state index contributed by atoms with van der Waals surface area (Å²) in [5.41, 5.74) is 2.27. The Hall–Kier alpha value is -1.31. The van der Waals surface area contributed by atoms with Crippen LogP contribution >= 0.6 is 0 Å². The molecular weight excluding hydrogens is 224 g/mol. The van der Waals surface area contributed by atoms with E-state index in [1.165, 1.54) is 11.1 Å². The molecule has 1 aliphatic rings. The Labute approximate surface area is 109 Å². The van der Waals surface area contributed by atoms with Crippen LogP contribution in [0.3, 0.4) is 0 Å². The van der Waals surface area contributed by atoms with Gasteiger partial charge in [0, 0.05) is 6.42 Å². The van der Waals surface area contributed by atoms with Crippen molar-refractivity contribution >= 4 is 5.97 Å². The van der Waals surface area contributed by atoms with Crippen molar-refractivity contribution in [1.29, 1.82) is 0 Å². The molecule has 18 heavy (non-hydrogen) atoms. The van der Waals surface area contributed by atoms with Gasteiger partial charge in [0.1, 0.15) is 5.60 Å². The van der Waals surface area contributed by atoms with Gasteiger partial charge in [-0.05, 0) is 51.5 Å². The molecule has 1 aliphatic carbocycles. The molecule has 0 bridgehead atoms. The Morgan fingerprint density at radius 3 is 2.44 bits per heavy atom. The van der Waals surface area contributed by atoms with Crippen LogP contribution in [0, 0.1) is 12.8 Å². The summed E-state index contributed by atoms with van der Waals surface area (Å²) in [6.45, 7) is 7.83. The number of esters is 1. The van der Waals surface area contributed by atoms with Crippen molar-refractivity contribution in [2.45, 2.75) is 52.1 Å².